The molecule has 1 aromatic carbocycles. The van der Waals surface area contributed by atoms with Crippen molar-refractivity contribution < 1.29 is 14.3 Å². The van der Waals surface area contributed by atoms with Gasteiger partial charge in [-0.25, -0.2) is 4.79 Å². The number of nitrogens with two attached hydrogens (primary N) is 1. The number of hydrogen-bond donors (Lipinski definition) is 2. The van der Waals surface area contributed by atoms with Crippen molar-refractivity contribution in [3.8, 4) is 0 Å². The molecule has 0 bridgehead atoms. The molecular weight excluding hydrogens is 270 g/mol. The van der Waals surface area contributed by atoms with E-state index in [0.29, 0.717) is 31.2 Å². The van der Waals surface area contributed by atoms with Gasteiger partial charge in [0.05, 0.1) is 6.54 Å². The summed E-state index contributed by atoms with van der Waals surface area (Å²) in [5.74, 6) is 0.414. The molecule has 2 amide bonds. The van der Waals surface area contributed by atoms with E-state index in [1.54, 1.807) is 23.1 Å². The Kier molecular flexibility index (Phi) is 3.79. The summed E-state index contributed by atoms with van der Waals surface area (Å²) < 4.78 is 4.91. The van der Waals surface area contributed by atoms with Crippen LogP contribution in [0.1, 0.15) is 19.3 Å². The average Bonchev–Trinajstić information content (AvgIpc) is 3.21. The minimum atomic E-state index is -0.353. The van der Waals surface area contributed by atoms with Crippen molar-refractivity contribution in [1.82, 2.24) is 0 Å². The lowest BCUT2D eigenvalue weighted by Gasteiger charge is -2.15. The Morgan fingerprint density at radius 2 is 2.29 bits per heavy atom. The number of carbonyl (C=O) groups excluding carboxylic acids is 2. The summed E-state index contributed by atoms with van der Waals surface area (Å²) in [6, 6.07) is 7.13. The smallest absolute Gasteiger partial charge is 0.414 e. The van der Waals surface area contributed by atoms with Crippen molar-refractivity contribution in [2.75, 3.05) is 23.4 Å². The third-order valence-corrected chi connectivity index (χ3v) is 3.85. The predicted octanol–water partition coefficient (Wildman–Crippen LogP) is 1.71. The van der Waals surface area contributed by atoms with Gasteiger partial charge in [-0.15, -0.1) is 0 Å². The monoisotopic (exact) mass is 289 g/mol. The van der Waals surface area contributed by atoms with Crippen molar-refractivity contribution in [2.24, 2.45) is 11.7 Å². The van der Waals surface area contributed by atoms with Gasteiger partial charge in [-0.1, -0.05) is 6.07 Å². The summed E-state index contributed by atoms with van der Waals surface area (Å²) in [5.41, 5.74) is 7.34. The molecule has 1 heterocycles. The quantitative estimate of drug-likeness (QED) is 0.864. The second kappa shape index (κ2) is 5.73. The van der Waals surface area contributed by atoms with Crippen LogP contribution in [0.3, 0.4) is 0 Å². The van der Waals surface area contributed by atoms with E-state index in [4.69, 9.17) is 10.5 Å². The highest BCUT2D eigenvalue weighted by Crippen LogP contribution is 2.33. The maximum Gasteiger partial charge on any atom is 0.414 e. The molecule has 1 aromatic rings. The average molecular weight is 289 g/mol. The molecule has 2 aliphatic rings. The molecule has 1 saturated heterocycles. The van der Waals surface area contributed by atoms with Gasteiger partial charge in [0.1, 0.15) is 6.61 Å². The highest BCUT2D eigenvalue weighted by molar-refractivity contribution is 5.94. The maximum absolute atomic E-state index is 12.0. The molecule has 3 rings (SSSR count). The van der Waals surface area contributed by atoms with Crippen LogP contribution in [0.15, 0.2) is 24.3 Å². The number of hydrogen-bond acceptors (Lipinski definition) is 4. The molecule has 1 aliphatic carbocycles. The lowest BCUT2D eigenvalue weighted by atomic mass is 10.1. The summed E-state index contributed by atoms with van der Waals surface area (Å²) in [6.45, 7) is 0.925. The third kappa shape index (κ3) is 3.33. The number of cyclic esters (lactones) is 1. The maximum atomic E-state index is 12.0. The summed E-state index contributed by atoms with van der Waals surface area (Å²) in [6.07, 6.45) is 2.23. The first-order chi connectivity index (χ1) is 10.1. The number of carbonyl (C=O) groups is 2. The van der Waals surface area contributed by atoms with Gasteiger partial charge in [0, 0.05) is 23.8 Å². The van der Waals surface area contributed by atoms with Gasteiger partial charge in [0.2, 0.25) is 5.91 Å². The summed E-state index contributed by atoms with van der Waals surface area (Å²) in [4.78, 5) is 25.0. The van der Waals surface area contributed by atoms with Crippen LogP contribution in [0.4, 0.5) is 16.2 Å². The van der Waals surface area contributed by atoms with Crippen LogP contribution in [-0.2, 0) is 9.53 Å². The fraction of sp³-hybridized carbons (Fsp3) is 0.467. The van der Waals surface area contributed by atoms with E-state index in [0.717, 1.165) is 18.5 Å². The molecule has 1 atom stereocenters. The highest BCUT2D eigenvalue weighted by atomic mass is 16.6. The molecule has 6 nitrogen and oxygen atoms in total. The van der Waals surface area contributed by atoms with E-state index in [2.05, 4.69) is 5.32 Å². The number of rotatable bonds is 5. The van der Waals surface area contributed by atoms with E-state index in [1.807, 2.05) is 6.07 Å². The molecule has 0 radical (unpaired) electrons. The Bertz CT molecular complexity index is 557. The van der Waals surface area contributed by atoms with Crippen LogP contribution in [0, 0.1) is 5.92 Å². The van der Waals surface area contributed by atoms with Gasteiger partial charge in [0.25, 0.3) is 0 Å². The zero-order chi connectivity index (χ0) is 14.8. The molecule has 2 fully saturated rings. The number of benzene rings is 1. The second-order valence-corrected chi connectivity index (χ2v) is 5.57. The van der Waals surface area contributed by atoms with E-state index in [-0.39, 0.29) is 18.0 Å². The van der Waals surface area contributed by atoms with Crippen molar-refractivity contribution in [3.05, 3.63) is 24.3 Å². The SMILES string of the molecule is NC(CC(=O)Nc1cccc(N2CCOC2=O)c1)C1CC1. The first kappa shape index (κ1) is 13.9. The summed E-state index contributed by atoms with van der Waals surface area (Å²) in [7, 11) is 0. The minimum absolute atomic E-state index is 0.0539. The lowest BCUT2D eigenvalue weighted by molar-refractivity contribution is -0.116. The molecule has 1 saturated carbocycles. The summed E-state index contributed by atoms with van der Waals surface area (Å²) in [5, 5.41) is 2.84. The first-order valence-electron chi connectivity index (χ1n) is 7.23. The Labute approximate surface area is 123 Å². The van der Waals surface area contributed by atoms with Crippen LogP contribution in [0.2, 0.25) is 0 Å². The zero-order valence-corrected chi connectivity index (χ0v) is 11.7. The fourth-order valence-electron chi connectivity index (χ4n) is 2.50. The van der Waals surface area contributed by atoms with Crippen LogP contribution >= 0.6 is 0 Å². The lowest BCUT2D eigenvalue weighted by Crippen LogP contribution is -2.29. The Morgan fingerprint density at radius 1 is 1.48 bits per heavy atom. The van der Waals surface area contributed by atoms with Gasteiger partial charge >= 0.3 is 6.09 Å². The molecular formula is C15H19N3O3. The molecule has 112 valence electrons. The number of nitrogens with one attached hydrogen (secondary N) is 1. The number of ether oxygens (including phenoxy) is 1. The first-order valence-corrected chi connectivity index (χ1v) is 7.23. The zero-order valence-electron chi connectivity index (χ0n) is 11.7. The Balaban J connectivity index is 1.62. The van der Waals surface area contributed by atoms with Gasteiger partial charge in [-0.05, 0) is 37.0 Å². The summed E-state index contributed by atoms with van der Waals surface area (Å²) >= 11 is 0. The number of nitrogens with zero attached hydrogens (tertiary/aromatic N) is 1. The number of anilines is 2. The topological polar surface area (TPSA) is 84.7 Å². The normalized spacial score (nSPS) is 19.3. The van der Waals surface area contributed by atoms with Gasteiger partial charge in [-0.2, -0.15) is 0 Å². The van der Waals surface area contributed by atoms with Gasteiger partial charge < -0.3 is 15.8 Å². The van der Waals surface area contributed by atoms with Crippen molar-refractivity contribution >= 4 is 23.4 Å². The van der Waals surface area contributed by atoms with Gasteiger partial charge in [-0.3, -0.25) is 9.69 Å². The molecule has 0 spiro atoms. The van der Waals surface area contributed by atoms with Crippen LogP contribution in [-0.4, -0.2) is 31.2 Å². The van der Waals surface area contributed by atoms with Crippen LogP contribution in [0.25, 0.3) is 0 Å². The number of amides is 2. The van der Waals surface area contributed by atoms with Crippen molar-refractivity contribution in [1.29, 1.82) is 0 Å². The minimum Gasteiger partial charge on any atom is -0.447 e. The van der Waals surface area contributed by atoms with E-state index in [1.165, 1.54) is 0 Å². The van der Waals surface area contributed by atoms with E-state index in [9.17, 15) is 9.59 Å². The standard InChI is InChI=1S/C15H19N3O3/c16-13(10-4-5-10)9-14(19)17-11-2-1-3-12(8-11)18-6-7-21-15(18)20/h1-3,8,10,13H,4-7,9,16H2,(H,17,19). The molecule has 1 aliphatic heterocycles. The van der Waals surface area contributed by atoms with Crippen molar-refractivity contribution in [3.63, 3.8) is 0 Å². The fourth-order valence-corrected chi connectivity index (χ4v) is 2.50. The molecule has 3 N–H and O–H groups in total. The largest absolute Gasteiger partial charge is 0.447 e. The van der Waals surface area contributed by atoms with Gasteiger partial charge in [0.15, 0.2) is 0 Å². The Morgan fingerprint density at radius 3 is 2.95 bits per heavy atom. The molecule has 1 unspecified atom stereocenters. The van der Waals surface area contributed by atoms with E-state index < -0.39 is 0 Å². The van der Waals surface area contributed by atoms with Crippen LogP contribution < -0.4 is 16.0 Å². The highest BCUT2D eigenvalue weighted by Gasteiger charge is 2.30. The predicted molar refractivity (Wildman–Crippen MR) is 79.1 cm³/mol. The third-order valence-electron chi connectivity index (χ3n) is 3.85. The molecule has 6 heteroatoms. The van der Waals surface area contributed by atoms with E-state index >= 15 is 0 Å². The second-order valence-electron chi connectivity index (χ2n) is 5.57. The Hall–Kier alpha value is -2.08. The van der Waals surface area contributed by atoms with Crippen LogP contribution in [0.5, 0.6) is 0 Å². The van der Waals surface area contributed by atoms with Crippen molar-refractivity contribution in [2.45, 2.75) is 25.3 Å². The molecule has 21 heavy (non-hydrogen) atoms. The molecule has 0 aromatic heterocycles.